The van der Waals surface area contributed by atoms with E-state index in [4.69, 9.17) is 0 Å². The molecule has 0 radical (unpaired) electrons. The van der Waals surface area contributed by atoms with E-state index in [9.17, 15) is 4.79 Å². The molecule has 1 N–H and O–H groups in total. The standard InChI is InChI=1S/C12H21NO/c1-9-2-6-11(7-3-9)13-12(14)8-10-4-5-10/h9-11H,2-8H2,1H3,(H,13,14). The van der Waals surface area contributed by atoms with Crippen molar-refractivity contribution in [1.29, 1.82) is 0 Å². The lowest BCUT2D eigenvalue weighted by molar-refractivity contribution is -0.122. The Morgan fingerprint density at radius 3 is 2.36 bits per heavy atom. The van der Waals surface area contributed by atoms with Gasteiger partial charge in [0.25, 0.3) is 0 Å². The van der Waals surface area contributed by atoms with Crippen LogP contribution in [0.4, 0.5) is 0 Å². The van der Waals surface area contributed by atoms with E-state index >= 15 is 0 Å². The molecule has 0 heterocycles. The normalized spacial score (nSPS) is 32.6. The summed E-state index contributed by atoms with van der Waals surface area (Å²) in [5.41, 5.74) is 0. The molecule has 2 heteroatoms. The van der Waals surface area contributed by atoms with Crippen molar-refractivity contribution < 1.29 is 4.79 Å². The van der Waals surface area contributed by atoms with Crippen LogP contribution in [0.2, 0.25) is 0 Å². The number of carbonyl (C=O) groups excluding carboxylic acids is 1. The van der Waals surface area contributed by atoms with Crippen LogP contribution >= 0.6 is 0 Å². The Morgan fingerprint density at radius 1 is 1.14 bits per heavy atom. The number of rotatable bonds is 3. The van der Waals surface area contributed by atoms with Crippen LogP contribution in [-0.4, -0.2) is 11.9 Å². The predicted octanol–water partition coefficient (Wildman–Crippen LogP) is 2.48. The van der Waals surface area contributed by atoms with Crippen LogP contribution in [0.5, 0.6) is 0 Å². The van der Waals surface area contributed by atoms with Gasteiger partial charge in [-0.3, -0.25) is 4.79 Å². The maximum absolute atomic E-state index is 11.5. The van der Waals surface area contributed by atoms with E-state index in [0.29, 0.717) is 11.9 Å². The highest BCUT2D eigenvalue weighted by molar-refractivity contribution is 5.76. The molecule has 0 aromatic carbocycles. The molecule has 0 aromatic rings. The van der Waals surface area contributed by atoms with E-state index < -0.39 is 0 Å². The highest BCUT2D eigenvalue weighted by Crippen LogP contribution is 2.32. The van der Waals surface area contributed by atoms with Crippen LogP contribution in [-0.2, 0) is 4.79 Å². The third-order valence-electron chi connectivity index (χ3n) is 3.55. The van der Waals surface area contributed by atoms with Crippen LogP contribution in [0.3, 0.4) is 0 Å². The fourth-order valence-corrected chi connectivity index (χ4v) is 2.28. The average molecular weight is 195 g/mol. The van der Waals surface area contributed by atoms with Gasteiger partial charge in [0.05, 0.1) is 0 Å². The second-order valence-electron chi connectivity index (χ2n) is 5.17. The summed E-state index contributed by atoms with van der Waals surface area (Å²) >= 11 is 0. The molecule has 0 spiro atoms. The van der Waals surface area contributed by atoms with Gasteiger partial charge in [-0.1, -0.05) is 6.92 Å². The molecule has 2 nitrogen and oxygen atoms in total. The first kappa shape index (κ1) is 10.0. The van der Waals surface area contributed by atoms with Crippen LogP contribution in [0.1, 0.15) is 51.9 Å². The number of carbonyl (C=O) groups is 1. The largest absolute Gasteiger partial charge is 0.353 e. The monoisotopic (exact) mass is 195 g/mol. The van der Waals surface area contributed by atoms with E-state index in [-0.39, 0.29) is 0 Å². The van der Waals surface area contributed by atoms with Crippen LogP contribution in [0.25, 0.3) is 0 Å². The number of amides is 1. The van der Waals surface area contributed by atoms with Gasteiger partial charge in [-0.2, -0.15) is 0 Å². The quantitative estimate of drug-likeness (QED) is 0.736. The van der Waals surface area contributed by atoms with Gasteiger partial charge in [-0.25, -0.2) is 0 Å². The molecule has 14 heavy (non-hydrogen) atoms. The average Bonchev–Trinajstić information content (AvgIpc) is 2.93. The molecule has 1 amide bonds. The summed E-state index contributed by atoms with van der Waals surface area (Å²) in [7, 11) is 0. The van der Waals surface area contributed by atoms with Crippen molar-refractivity contribution in [2.24, 2.45) is 11.8 Å². The summed E-state index contributed by atoms with van der Waals surface area (Å²) < 4.78 is 0. The van der Waals surface area contributed by atoms with Gasteiger partial charge in [0.1, 0.15) is 0 Å². The van der Waals surface area contributed by atoms with Crippen molar-refractivity contribution in [1.82, 2.24) is 5.32 Å². The Hall–Kier alpha value is -0.530. The Balaban J connectivity index is 1.66. The van der Waals surface area contributed by atoms with Crippen LogP contribution in [0.15, 0.2) is 0 Å². The molecule has 0 atom stereocenters. The van der Waals surface area contributed by atoms with E-state index in [1.165, 1.54) is 38.5 Å². The van der Waals surface area contributed by atoms with Crippen molar-refractivity contribution in [2.75, 3.05) is 0 Å². The first-order valence-corrected chi connectivity index (χ1v) is 6.03. The van der Waals surface area contributed by atoms with E-state index in [1.54, 1.807) is 0 Å². The zero-order chi connectivity index (χ0) is 9.97. The number of nitrogens with one attached hydrogen (secondary N) is 1. The van der Waals surface area contributed by atoms with Gasteiger partial charge in [-0.15, -0.1) is 0 Å². The van der Waals surface area contributed by atoms with E-state index in [2.05, 4.69) is 12.2 Å². The highest BCUT2D eigenvalue weighted by Gasteiger charge is 2.26. The summed E-state index contributed by atoms with van der Waals surface area (Å²) in [4.78, 5) is 11.5. The molecular formula is C12H21NO. The van der Waals surface area contributed by atoms with Crippen LogP contribution in [0, 0.1) is 11.8 Å². The molecule has 0 aromatic heterocycles. The first-order valence-electron chi connectivity index (χ1n) is 6.03. The Kier molecular flexibility index (Phi) is 3.09. The maximum Gasteiger partial charge on any atom is 0.220 e. The minimum Gasteiger partial charge on any atom is -0.353 e. The smallest absolute Gasteiger partial charge is 0.220 e. The summed E-state index contributed by atoms with van der Waals surface area (Å²) in [6.07, 6.45) is 8.29. The van der Waals surface area contributed by atoms with E-state index in [0.717, 1.165) is 18.3 Å². The second kappa shape index (κ2) is 4.33. The van der Waals surface area contributed by atoms with Gasteiger partial charge in [0.15, 0.2) is 0 Å². The van der Waals surface area contributed by atoms with Gasteiger partial charge in [-0.05, 0) is 50.4 Å². The Bertz CT molecular complexity index is 202. The molecule has 0 aliphatic heterocycles. The van der Waals surface area contributed by atoms with Gasteiger partial charge < -0.3 is 5.32 Å². The molecule has 80 valence electrons. The third-order valence-corrected chi connectivity index (χ3v) is 3.55. The lowest BCUT2D eigenvalue weighted by Gasteiger charge is -2.26. The molecule has 2 aliphatic rings. The van der Waals surface area contributed by atoms with Crippen LogP contribution < -0.4 is 5.32 Å². The highest BCUT2D eigenvalue weighted by atomic mass is 16.1. The van der Waals surface area contributed by atoms with E-state index in [1.807, 2.05) is 0 Å². The summed E-state index contributed by atoms with van der Waals surface area (Å²) in [6, 6.07) is 0.484. The number of hydrogen-bond acceptors (Lipinski definition) is 1. The topological polar surface area (TPSA) is 29.1 Å². The maximum atomic E-state index is 11.5. The molecule has 0 bridgehead atoms. The Morgan fingerprint density at radius 2 is 1.79 bits per heavy atom. The molecule has 2 aliphatic carbocycles. The number of hydrogen-bond donors (Lipinski definition) is 1. The molecule has 2 fully saturated rings. The molecule has 2 rings (SSSR count). The fraction of sp³-hybridized carbons (Fsp3) is 0.917. The third kappa shape index (κ3) is 3.00. The predicted molar refractivity (Wildman–Crippen MR) is 56.9 cm³/mol. The van der Waals surface area contributed by atoms with Gasteiger partial charge >= 0.3 is 0 Å². The van der Waals surface area contributed by atoms with Crippen molar-refractivity contribution in [3.63, 3.8) is 0 Å². The Labute approximate surface area is 86.5 Å². The van der Waals surface area contributed by atoms with Crippen molar-refractivity contribution >= 4 is 5.91 Å². The SMILES string of the molecule is CC1CCC(NC(=O)CC2CC2)CC1. The van der Waals surface area contributed by atoms with Crippen molar-refractivity contribution in [2.45, 2.75) is 57.9 Å². The first-order chi connectivity index (χ1) is 6.74. The summed E-state index contributed by atoms with van der Waals surface area (Å²) in [5, 5.41) is 3.17. The lowest BCUT2D eigenvalue weighted by atomic mass is 9.87. The molecule has 2 saturated carbocycles. The summed E-state index contributed by atoms with van der Waals surface area (Å²) in [5.74, 6) is 1.89. The zero-order valence-electron chi connectivity index (χ0n) is 9.09. The summed E-state index contributed by atoms with van der Waals surface area (Å²) in [6.45, 7) is 2.31. The fourth-order valence-electron chi connectivity index (χ4n) is 2.28. The zero-order valence-corrected chi connectivity index (χ0v) is 9.09. The lowest BCUT2D eigenvalue weighted by Crippen LogP contribution is -2.37. The van der Waals surface area contributed by atoms with Gasteiger partial charge in [0.2, 0.25) is 5.91 Å². The minimum absolute atomic E-state index is 0.298. The molecule has 0 unspecified atom stereocenters. The van der Waals surface area contributed by atoms with Crippen molar-refractivity contribution in [3.8, 4) is 0 Å². The minimum atomic E-state index is 0.298. The molecule has 0 saturated heterocycles. The van der Waals surface area contributed by atoms with Crippen molar-refractivity contribution in [3.05, 3.63) is 0 Å². The van der Waals surface area contributed by atoms with Gasteiger partial charge in [0, 0.05) is 12.5 Å². The molecular weight excluding hydrogens is 174 g/mol. The second-order valence-corrected chi connectivity index (χ2v) is 5.17.